The third-order valence-electron chi connectivity index (χ3n) is 2.37. The highest BCUT2D eigenvalue weighted by molar-refractivity contribution is 5.42. The quantitative estimate of drug-likeness (QED) is 0.827. The largest absolute Gasteiger partial charge is 0.496 e. The highest BCUT2D eigenvalue weighted by Crippen LogP contribution is 2.28. The van der Waals surface area contributed by atoms with Crippen LogP contribution in [0.15, 0.2) is 18.2 Å². The Bertz CT molecular complexity index is 330. The monoisotopic (exact) mass is 239 g/mol. The van der Waals surface area contributed by atoms with Crippen LogP contribution in [0.3, 0.4) is 0 Å². The van der Waals surface area contributed by atoms with Gasteiger partial charge < -0.3 is 19.9 Å². The Morgan fingerprint density at radius 2 is 1.47 bits per heavy atom. The number of ether oxygens (including phenoxy) is 3. The molecule has 0 saturated heterocycles. The van der Waals surface area contributed by atoms with Crippen LogP contribution >= 0.6 is 0 Å². The fourth-order valence-corrected chi connectivity index (χ4v) is 1.65. The molecule has 0 spiro atoms. The van der Waals surface area contributed by atoms with Crippen LogP contribution in [-0.4, -0.2) is 26.4 Å². The Morgan fingerprint density at radius 1 is 1.00 bits per heavy atom. The summed E-state index contributed by atoms with van der Waals surface area (Å²) in [6, 6.07) is 5.60. The number of hydrogen-bond donors (Lipinski definition) is 1. The number of hydrogen-bond acceptors (Lipinski definition) is 4. The summed E-state index contributed by atoms with van der Waals surface area (Å²) in [5, 5.41) is 0. The van der Waals surface area contributed by atoms with Crippen LogP contribution in [0.1, 0.15) is 20.3 Å². The predicted octanol–water partition coefficient (Wildman–Crippen LogP) is 2.21. The van der Waals surface area contributed by atoms with Crippen LogP contribution in [-0.2, 0) is 0 Å². The average Bonchev–Trinajstić information content (AvgIpc) is 2.27. The van der Waals surface area contributed by atoms with Gasteiger partial charge in [-0.25, -0.2) is 0 Å². The zero-order valence-electron chi connectivity index (χ0n) is 10.9. The molecule has 2 N–H and O–H groups in total. The zero-order chi connectivity index (χ0) is 12.8. The maximum absolute atomic E-state index is 5.77. The highest BCUT2D eigenvalue weighted by atomic mass is 16.5. The molecule has 2 atom stereocenters. The maximum atomic E-state index is 5.77. The molecule has 96 valence electrons. The fraction of sp³-hybridized carbons (Fsp3) is 0.538. The van der Waals surface area contributed by atoms with Crippen molar-refractivity contribution in [3.05, 3.63) is 18.2 Å². The molecule has 2 unspecified atom stereocenters. The summed E-state index contributed by atoms with van der Waals surface area (Å²) in [6.45, 7) is 3.96. The number of nitrogens with two attached hydrogens (primary N) is 1. The Hall–Kier alpha value is -1.42. The molecule has 0 amide bonds. The van der Waals surface area contributed by atoms with Gasteiger partial charge in [0.1, 0.15) is 17.2 Å². The fourth-order valence-electron chi connectivity index (χ4n) is 1.65. The molecule has 4 nitrogen and oxygen atoms in total. The Balaban J connectivity index is 2.75. The summed E-state index contributed by atoms with van der Waals surface area (Å²) in [5.41, 5.74) is 5.73. The first kappa shape index (κ1) is 13.6. The van der Waals surface area contributed by atoms with E-state index in [4.69, 9.17) is 19.9 Å². The number of methoxy groups -OCH3 is 2. The van der Waals surface area contributed by atoms with Crippen LogP contribution in [0.4, 0.5) is 0 Å². The summed E-state index contributed by atoms with van der Waals surface area (Å²) < 4.78 is 16.1. The Labute approximate surface area is 103 Å². The number of rotatable bonds is 6. The predicted molar refractivity (Wildman–Crippen MR) is 67.9 cm³/mol. The third kappa shape index (κ3) is 4.53. The molecule has 0 bridgehead atoms. The van der Waals surface area contributed by atoms with E-state index in [1.807, 2.05) is 32.0 Å². The first-order chi connectivity index (χ1) is 8.05. The van der Waals surface area contributed by atoms with E-state index >= 15 is 0 Å². The molecule has 0 radical (unpaired) electrons. The molecule has 17 heavy (non-hydrogen) atoms. The Kier molecular flexibility index (Phi) is 5.10. The first-order valence-electron chi connectivity index (χ1n) is 5.70. The molecule has 1 rings (SSSR count). The molecule has 0 aliphatic carbocycles. The van der Waals surface area contributed by atoms with E-state index in [9.17, 15) is 0 Å². The lowest BCUT2D eigenvalue weighted by atomic mass is 10.2. The molecule has 1 aromatic rings. The summed E-state index contributed by atoms with van der Waals surface area (Å²) in [5.74, 6) is 2.16. The van der Waals surface area contributed by atoms with Crippen molar-refractivity contribution in [3.63, 3.8) is 0 Å². The smallest absolute Gasteiger partial charge is 0.127 e. The van der Waals surface area contributed by atoms with Crippen molar-refractivity contribution in [2.24, 2.45) is 5.73 Å². The van der Waals surface area contributed by atoms with Crippen molar-refractivity contribution in [1.29, 1.82) is 0 Å². The molecule has 0 aromatic heterocycles. The van der Waals surface area contributed by atoms with Crippen molar-refractivity contribution in [2.75, 3.05) is 14.2 Å². The second-order valence-corrected chi connectivity index (χ2v) is 4.19. The van der Waals surface area contributed by atoms with Crippen molar-refractivity contribution < 1.29 is 14.2 Å². The van der Waals surface area contributed by atoms with Crippen molar-refractivity contribution in [3.8, 4) is 17.2 Å². The van der Waals surface area contributed by atoms with E-state index in [0.29, 0.717) is 11.5 Å². The standard InChI is InChI=1S/C13H21NO3/c1-9(14)5-10(2)17-13-7-11(15-3)6-12(8-13)16-4/h6-10H,5,14H2,1-4H3. The summed E-state index contributed by atoms with van der Waals surface area (Å²) in [7, 11) is 3.23. The lowest BCUT2D eigenvalue weighted by molar-refractivity contribution is 0.201. The molecule has 4 heteroatoms. The second kappa shape index (κ2) is 6.35. The molecular formula is C13H21NO3. The van der Waals surface area contributed by atoms with Gasteiger partial charge in [0.25, 0.3) is 0 Å². The molecule has 0 fully saturated rings. The molecule has 0 saturated carbocycles. The topological polar surface area (TPSA) is 53.7 Å². The lowest BCUT2D eigenvalue weighted by Crippen LogP contribution is -2.24. The Morgan fingerprint density at radius 3 is 1.88 bits per heavy atom. The van der Waals surface area contributed by atoms with Gasteiger partial charge in [-0.05, 0) is 20.3 Å². The van der Waals surface area contributed by atoms with Crippen molar-refractivity contribution in [2.45, 2.75) is 32.4 Å². The van der Waals surface area contributed by atoms with Gasteiger partial charge in [0.05, 0.1) is 20.3 Å². The van der Waals surface area contributed by atoms with E-state index in [2.05, 4.69) is 0 Å². The molecule has 0 aliphatic rings. The normalized spacial score (nSPS) is 13.9. The van der Waals surface area contributed by atoms with Crippen molar-refractivity contribution >= 4 is 0 Å². The van der Waals surface area contributed by atoms with Crippen LogP contribution in [0, 0.1) is 0 Å². The van der Waals surface area contributed by atoms with Crippen LogP contribution in [0.25, 0.3) is 0 Å². The molecule has 1 aromatic carbocycles. The lowest BCUT2D eigenvalue weighted by Gasteiger charge is -2.17. The average molecular weight is 239 g/mol. The van der Waals surface area contributed by atoms with Gasteiger partial charge in [0.15, 0.2) is 0 Å². The van der Waals surface area contributed by atoms with E-state index in [-0.39, 0.29) is 12.1 Å². The first-order valence-corrected chi connectivity index (χ1v) is 5.70. The summed E-state index contributed by atoms with van der Waals surface area (Å²) in [6.07, 6.45) is 0.867. The van der Waals surface area contributed by atoms with Crippen LogP contribution in [0.5, 0.6) is 17.2 Å². The van der Waals surface area contributed by atoms with Crippen LogP contribution in [0.2, 0.25) is 0 Å². The van der Waals surface area contributed by atoms with Crippen LogP contribution < -0.4 is 19.9 Å². The number of benzene rings is 1. The van der Waals surface area contributed by atoms with E-state index in [1.165, 1.54) is 0 Å². The molecule has 0 aliphatic heterocycles. The second-order valence-electron chi connectivity index (χ2n) is 4.19. The summed E-state index contributed by atoms with van der Waals surface area (Å²) >= 11 is 0. The van der Waals surface area contributed by atoms with Gasteiger partial charge in [0, 0.05) is 24.2 Å². The SMILES string of the molecule is COc1cc(OC)cc(OC(C)CC(C)N)c1. The van der Waals surface area contributed by atoms with Gasteiger partial charge in [-0.3, -0.25) is 0 Å². The maximum Gasteiger partial charge on any atom is 0.127 e. The zero-order valence-corrected chi connectivity index (χ0v) is 10.9. The van der Waals surface area contributed by atoms with Crippen molar-refractivity contribution in [1.82, 2.24) is 0 Å². The van der Waals surface area contributed by atoms with Gasteiger partial charge >= 0.3 is 0 Å². The van der Waals surface area contributed by atoms with Gasteiger partial charge in [0.2, 0.25) is 0 Å². The van der Waals surface area contributed by atoms with E-state index in [0.717, 1.165) is 12.2 Å². The van der Waals surface area contributed by atoms with E-state index in [1.54, 1.807) is 14.2 Å². The highest BCUT2D eigenvalue weighted by Gasteiger charge is 2.09. The van der Waals surface area contributed by atoms with E-state index < -0.39 is 0 Å². The van der Waals surface area contributed by atoms with Gasteiger partial charge in [-0.1, -0.05) is 0 Å². The third-order valence-corrected chi connectivity index (χ3v) is 2.37. The minimum Gasteiger partial charge on any atom is -0.496 e. The summed E-state index contributed by atoms with van der Waals surface area (Å²) in [4.78, 5) is 0. The van der Waals surface area contributed by atoms with Gasteiger partial charge in [-0.15, -0.1) is 0 Å². The molecular weight excluding hydrogens is 218 g/mol. The van der Waals surface area contributed by atoms with Gasteiger partial charge in [-0.2, -0.15) is 0 Å². The minimum absolute atomic E-state index is 0.0619. The molecule has 0 heterocycles. The minimum atomic E-state index is 0.0619.